The van der Waals surface area contributed by atoms with E-state index >= 15 is 0 Å². The van der Waals surface area contributed by atoms with E-state index < -0.39 is 5.82 Å². The normalized spacial score (nSPS) is 10.3. The van der Waals surface area contributed by atoms with Crippen molar-refractivity contribution in [2.45, 2.75) is 0 Å². The Morgan fingerprint density at radius 3 is 2.47 bits per heavy atom. The summed E-state index contributed by atoms with van der Waals surface area (Å²) in [6.45, 7) is 0. The Balaban J connectivity index is 2.47. The van der Waals surface area contributed by atoms with Crippen molar-refractivity contribution in [3.8, 4) is 5.75 Å². The number of hydrogen-bond donors (Lipinski definition) is 0. The molecule has 0 radical (unpaired) electrons. The van der Waals surface area contributed by atoms with Gasteiger partial charge in [0.05, 0.1) is 17.1 Å². The van der Waals surface area contributed by atoms with Gasteiger partial charge in [0.15, 0.2) is 5.78 Å². The van der Waals surface area contributed by atoms with Crippen molar-refractivity contribution in [2.75, 3.05) is 7.11 Å². The lowest BCUT2D eigenvalue weighted by molar-refractivity contribution is 0.103. The Bertz CT molecular complexity index is 641. The molecule has 0 fully saturated rings. The van der Waals surface area contributed by atoms with Crippen molar-refractivity contribution in [3.63, 3.8) is 0 Å². The van der Waals surface area contributed by atoms with E-state index in [0.717, 1.165) is 0 Å². The number of ether oxygens (including phenoxy) is 1. The summed E-state index contributed by atoms with van der Waals surface area (Å²) < 4.78 is 19.8. The number of rotatable bonds is 3. The van der Waals surface area contributed by atoms with Gasteiger partial charge in [0, 0.05) is 10.0 Å². The molecule has 0 unspecified atom stereocenters. The molecule has 98 valence electrons. The van der Waals surface area contributed by atoms with E-state index in [0.29, 0.717) is 15.8 Å². The van der Waals surface area contributed by atoms with Gasteiger partial charge in [0.2, 0.25) is 0 Å². The van der Waals surface area contributed by atoms with Gasteiger partial charge >= 0.3 is 0 Å². The van der Waals surface area contributed by atoms with Gasteiger partial charge in [0.25, 0.3) is 0 Å². The van der Waals surface area contributed by atoms with E-state index in [2.05, 4.69) is 31.9 Å². The standard InChI is InChI=1S/C14H9Br2FO2/c1-19-8-5-6-9(12(16)7-8)14(18)10-3-2-4-11(15)13(10)17/h2-7H,1H3. The summed E-state index contributed by atoms with van der Waals surface area (Å²) in [5, 5.41) is 0. The summed E-state index contributed by atoms with van der Waals surface area (Å²) in [5.41, 5.74) is 0.415. The highest BCUT2D eigenvalue weighted by atomic mass is 79.9. The fourth-order valence-electron chi connectivity index (χ4n) is 1.63. The predicted octanol–water partition coefficient (Wildman–Crippen LogP) is 4.59. The molecule has 0 aliphatic rings. The van der Waals surface area contributed by atoms with Crippen molar-refractivity contribution in [2.24, 2.45) is 0 Å². The highest BCUT2D eigenvalue weighted by molar-refractivity contribution is 9.10. The number of carbonyl (C=O) groups excluding carboxylic acids is 1. The van der Waals surface area contributed by atoms with E-state index in [1.165, 1.54) is 13.2 Å². The van der Waals surface area contributed by atoms with Crippen LogP contribution in [0, 0.1) is 5.82 Å². The third-order valence-corrected chi connectivity index (χ3v) is 3.89. The van der Waals surface area contributed by atoms with Gasteiger partial charge < -0.3 is 4.74 Å². The average molecular weight is 388 g/mol. The summed E-state index contributed by atoms with van der Waals surface area (Å²) >= 11 is 6.36. The van der Waals surface area contributed by atoms with Crippen LogP contribution in [0.4, 0.5) is 4.39 Å². The Kier molecular flexibility index (Phi) is 4.37. The van der Waals surface area contributed by atoms with Gasteiger partial charge in [0.1, 0.15) is 11.6 Å². The minimum Gasteiger partial charge on any atom is -0.497 e. The first-order valence-electron chi connectivity index (χ1n) is 5.37. The highest BCUT2D eigenvalue weighted by Crippen LogP contribution is 2.27. The number of halogens is 3. The number of ketones is 1. The van der Waals surface area contributed by atoms with Crippen LogP contribution in [0.2, 0.25) is 0 Å². The van der Waals surface area contributed by atoms with Gasteiger partial charge in [-0.3, -0.25) is 4.79 Å². The second-order valence-electron chi connectivity index (χ2n) is 3.78. The second kappa shape index (κ2) is 5.84. The molecule has 0 bridgehead atoms. The molecule has 0 aromatic heterocycles. The van der Waals surface area contributed by atoms with E-state index in [4.69, 9.17) is 4.74 Å². The molecule has 0 saturated heterocycles. The van der Waals surface area contributed by atoms with E-state index in [1.807, 2.05) is 0 Å². The maximum absolute atomic E-state index is 13.9. The quantitative estimate of drug-likeness (QED) is 0.720. The Morgan fingerprint density at radius 1 is 1.11 bits per heavy atom. The summed E-state index contributed by atoms with van der Waals surface area (Å²) in [6.07, 6.45) is 0. The van der Waals surface area contributed by atoms with Crippen LogP contribution >= 0.6 is 31.9 Å². The number of hydrogen-bond acceptors (Lipinski definition) is 2. The summed E-state index contributed by atoms with van der Waals surface area (Å²) in [6, 6.07) is 9.56. The number of methoxy groups -OCH3 is 1. The van der Waals surface area contributed by atoms with Crippen molar-refractivity contribution < 1.29 is 13.9 Å². The molecule has 0 spiro atoms. The van der Waals surface area contributed by atoms with Crippen molar-refractivity contribution in [3.05, 3.63) is 62.3 Å². The van der Waals surface area contributed by atoms with Crippen LogP contribution in [0.3, 0.4) is 0 Å². The molecular formula is C14H9Br2FO2. The highest BCUT2D eigenvalue weighted by Gasteiger charge is 2.18. The van der Waals surface area contributed by atoms with Crippen molar-refractivity contribution in [1.82, 2.24) is 0 Å². The maximum atomic E-state index is 13.9. The molecule has 2 nitrogen and oxygen atoms in total. The molecule has 19 heavy (non-hydrogen) atoms. The van der Waals surface area contributed by atoms with Crippen LogP contribution in [0.15, 0.2) is 45.3 Å². The van der Waals surface area contributed by atoms with Gasteiger partial charge in [-0.1, -0.05) is 6.07 Å². The number of benzene rings is 2. The summed E-state index contributed by atoms with van der Waals surface area (Å²) in [7, 11) is 1.54. The van der Waals surface area contributed by atoms with E-state index in [-0.39, 0.29) is 15.8 Å². The molecule has 0 heterocycles. The molecule has 5 heteroatoms. The molecule has 0 aliphatic carbocycles. The van der Waals surface area contributed by atoms with Crippen LogP contribution in [0.25, 0.3) is 0 Å². The summed E-state index contributed by atoms with van der Waals surface area (Å²) in [4.78, 5) is 12.3. The van der Waals surface area contributed by atoms with Crippen LogP contribution in [0.5, 0.6) is 5.75 Å². The molecule has 0 amide bonds. The van der Waals surface area contributed by atoms with E-state index in [9.17, 15) is 9.18 Å². The molecule has 2 aromatic rings. The first-order chi connectivity index (χ1) is 9.04. The van der Waals surface area contributed by atoms with Crippen molar-refractivity contribution >= 4 is 37.6 Å². The lowest BCUT2D eigenvalue weighted by atomic mass is 10.0. The topological polar surface area (TPSA) is 26.3 Å². The third-order valence-electron chi connectivity index (χ3n) is 2.62. The van der Waals surface area contributed by atoms with Gasteiger partial charge in [-0.05, 0) is 62.2 Å². The van der Waals surface area contributed by atoms with Crippen LogP contribution in [0.1, 0.15) is 15.9 Å². The lowest BCUT2D eigenvalue weighted by Crippen LogP contribution is -2.05. The van der Waals surface area contributed by atoms with Gasteiger partial charge in [-0.2, -0.15) is 0 Å². The fraction of sp³-hybridized carbons (Fsp3) is 0.0714. The first kappa shape index (κ1) is 14.2. The first-order valence-corrected chi connectivity index (χ1v) is 6.95. The average Bonchev–Trinajstić information content (AvgIpc) is 2.41. The maximum Gasteiger partial charge on any atom is 0.197 e. The minimum atomic E-state index is -0.560. The van der Waals surface area contributed by atoms with Gasteiger partial charge in [-0.25, -0.2) is 4.39 Å². The zero-order valence-corrected chi connectivity index (χ0v) is 13.1. The van der Waals surface area contributed by atoms with Crippen LogP contribution in [-0.4, -0.2) is 12.9 Å². The molecule has 0 N–H and O–H groups in total. The summed E-state index contributed by atoms with van der Waals surface area (Å²) in [5.74, 6) is -0.318. The monoisotopic (exact) mass is 386 g/mol. The zero-order chi connectivity index (χ0) is 14.0. The predicted molar refractivity (Wildman–Crippen MR) is 78.2 cm³/mol. The zero-order valence-electron chi connectivity index (χ0n) is 9.91. The molecule has 0 atom stereocenters. The molecular weight excluding hydrogens is 379 g/mol. The van der Waals surface area contributed by atoms with Gasteiger partial charge in [-0.15, -0.1) is 0 Å². The largest absolute Gasteiger partial charge is 0.497 e. The minimum absolute atomic E-state index is 0.0280. The van der Waals surface area contributed by atoms with Crippen LogP contribution < -0.4 is 4.74 Å². The molecule has 2 rings (SSSR count). The molecule has 0 aliphatic heterocycles. The Morgan fingerprint density at radius 2 is 1.84 bits per heavy atom. The third kappa shape index (κ3) is 2.87. The van der Waals surface area contributed by atoms with Crippen molar-refractivity contribution in [1.29, 1.82) is 0 Å². The SMILES string of the molecule is COc1ccc(C(=O)c2cccc(Br)c2F)c(Br)c1. The number of carbonyl (C=O) groups is 1. The molecule has 0 saturated carbocycles. The molecule has 2 aromatic carbocycles. The smallest absolute Gasteiger partial charge is 0.197 e. The lowest BCUT2D eigenvalue weighted by Gasteiger charge is -2.07. The Hall–Kier alpha value is -1.20. The van der Waals surface area contributed by atoms with Crippen LogP contribution in [-0.2, 0) is 0 Å². The van der Waals surface area contributed by atoms with E-state index in [1.54, 1.807) is 30.3 Å². The Labute approximate surface area is 126 Å². The second-order valence-corrected chi connectivity index (χ2v) is 5.48. The fourth-order valence-corrected chi connectivity index (χ4v) is 2.54.